The van der Waals surface area contributed by atoms with Crippen LogP contribution in [-0.2, 0) is 6.61 Å². The van der Waals surface area contributed by atoms with Crippen LogP contribution in [0.4, 0.5) is 0 Å². The molecule has 0 atom stereocenters. The second-order valence-electron chi connectivity index (χ2n) is 1.77. The van der Waals surface area contributed by atoms with E-state index in [1.807, 2.05) is 0 Å². The molecule has 0 amide bonds. The van der Waals surface area contributed by atoms with Crippen molar-refractivity contribution in [2.24, 2.45) is 0 Å². The molecule has 0 fully saturated rings. The molecule has 54 valence electrons. The van der Waals surface area contributed by atoms with E-state index < -0.39 is 17.8 Å². The average molecular weight is 142 g/mol. The maximum absolute atomic E-state index is 10.7. The van der Waals surface area contributed by atoms with Gasteiger partial charge in [-0.05, 0) is 0 Å². The Bertz CT molecular complexity index is 275. The van der Waals surface area contributed by atoms with Gasteiger partial charge in [0, 0.05) is 0 Å². The third-order valence-electron chi connectivity index (χ3n) is 1.08. The first-order chi connectivity index (χ1) is 4.75. The van der Waals surface area contributed by atoms with Crippen molar-refractivity contribution < 1.29 is 14.6 Å². The standard InChI is InChI=1S/C6H6O4/c7-1-4-2-10-3-5(8)6(4)9/h2-3,7-8H,1H2. The van der Waals surface area contributed by atoms with Gasteiger partial charge in [0.2, 0.25) is 5.43 Å². The summed E-state index contributed by atoms with van der Waals surface area (Å²) in [7, 11) is 0. The Morgan fingerprint density at radius 1 is 1.50 bits per heavy atom. The second kappa shape index (κ2) is 2.53. The quantitative estimate of drug-likeness (QED) is 0.571. The molecular weight excluding hydrogens is 136 g/mol. The molecule has 0 bridgehead atoms. The van der Waals surface area contributed by atoms with E-state index >= 15 is 0 Å². The van der Waals surface area contributed by atoms with Crippen LogP contribution in [0.5, 0.6) is 5.75 Å². The van der Waals surface area contributed by atoms with Crippen molar-refractivity contribution in [1.82, 2.24) is 0 Å². The van der Waals surface area contributed by atoms with Gasteiger partial charge in [-0.2, -0.15) is 0 Å². The Morgan fingerprint density at radius 2 is 2.20 bits per heavy atom. The largest absolute Gasteiger partial charge is 0.502 e. The molecule has 1 aromatic rings. The first-order valence-corrected chi connectivity index (χ1v) is 2.65. The van der Waals surface area contributed by atoms with Gasteiger partial charge in [0.15, 0.2) is 5.75 Å². The van der Waals surface area contributed by atoms with E-state index in [2.05, 4.69) is 4.42 Å². The van der Waals surface area contributed by atoms with Crippen LogP contribution in [0.3, 0.4) is 0 Å². The highest BCUT2D eigenvalue weighted by atomic mass is 16.3. The molecule has 0 aliphatic rings. The Kier molecular flexibility index (Phi) is 1.73. The molecule has 10 heavy (non-hydrogen) atoms. The fourth-order valence-corrected chi connectivity index (χ4v) is 0.561. The summed E-state index contributed by atoms with van der Waals surface area (Å²) in [5, 5.41) is 17.2. The monoisotopic (exact) mass is 142 g/mol. The van der Waals surface area contributed by atoms with Gasteiger partial charge in [0.1, 0.15) is 6.26 Å². The Balaban J connectivity index is 3.28. The van der Waals surface area contributed by atoms with Crippen LogP contribution in [0.2, 0.25) is 0 Å². The smallest absolute Gasteiger partial charge is 0.231 e. The zero-order valence-electron chi connectivity index (χ0n) is 5.07. The lowest BCUT2D eigenvalue weighted by molar-refractivity contribution is 0.274. The lowest BCUT2D eigenvalue weighted by atomic mass is 10.3. The van der Waals surface area contributed by atoms with Gasteiger partial charge in [-0.3, -0.25) is 4.79 Å². The Morgan fingerprint density at radius 3 is 2.70 bits per heavy atom. The predicted molar refractivity (Wildman–Crippen MR) is 32.6 cm³/mol. The van der Waals surface area contributed by atoms with Crippen molar-refractivity contribution in [1.29, 1.82) is 0 Å². The molecule has 0 unspecified atom stereocenters. The van der Waals surface area contributed by atoms with Gasteiger partial charge in [-0.25, -0.2) is 0 Å². The minimum atomic E-state index is -0.589. The summed E-state index contributed by atoms with van der Waals surface area (Å²) in [6, 6.07) is 0. The summed E-state index contributed by atoms with van der Waals surface area (Å²) in [6.07, 6.45) is 2.02. The van der Waals surface area contributed by atoms with E-state index in [1.54, 1.807) is 0 Å². The van der Waals surface area contributed by atoms with Crippen molar-refractivity contribution >= 4 is 0 Å². The van der Waals surface area contributed by atoms with Crippen molar-refractivity contribution in [3.05, 3.63) is 28.3 Å². The third kappa shape index (κ3) is 1.01. The lowest BCUT2D eigenvalue weighted by Crippen LogP contribution is -2.06. The fraction of sp³-hybridized carbons (Fsp3) is 0.167. The van der Waals surface area contributed by atoms with E-state index in [9.17, 15) is 4.79 Å². The fourth-order valence-electron chi connectivity index (χ4n) is 0.561. The number of rotatable bonds is 1. The van der Waals surface area contributed by atoms with Crippen molar-refractivity contribution in [3.8, 4) is 5.75 Å². The van der Waals surface area contributed by atoms with E-state index in [1.165, 1.54) is 0 Å². The van der Waals surface area contributed by atoms with Gasteiger partial charge in [-0.15, -0.1) is 0 Å². The molecule has 2 N–H and O–H groups in total. The lowest BCUT2D eigenvalue weighted by Gasteiger charge is -1.92. The molecule has 0 aromatic carbocycles. The van der Waals surface area contributed by atoms with Crippen molar-refractivity contribution in [2.75, 3.05) is 0 Å². The number of aliphatic hydroxyl groups is 1. The molecule has 0 saturated carbocycles. The molecule has 1 aromatic heterocycles. The zero-order valence-corrected chi connectivity index (χ0v) is 5.07. The van der Waals surface area contributed by atoms with Crippen LogP contribution in [0, 0.1) is 0 Å². The average Bonchev–Trinajstić information content (AvgIpc) is 1.95. The molecule has 1 rings (SSSR count). The highest BCUT2D eigenvalue weighted by Gasteiger charge is 2.02. The molecular formula is C6H6O4. The van der Waals surface area contributed by atoms with Gasteiger partial charge >= 0.3 is 0 Å². The summed E-state index contributed by atoms with van der Waals surface area (Å²) < 4.78 is 4.50. The minimum Gasteiger partial charge on any atom is -0.502 e. The van der Waals surface area contributed by atoms with Crippen LogP contribution in [0.25, 0.3) is 0 Å². The molecule has 0 aliphatic carbocycles. The first kappa shape index (κ1) is 6.82. The summed E-state index contributed by atoms with van der Waals surface area (Å²) in [5.74, 6) is -0.480. The van der Waals surface area contributed by atoms with E-state index in [4.69, 9.17) is 10.2 Å². The maximum atomic E-state index is 10.7. The van der Waals surface area contributed by atoms with E-state index in [0.29, 0.717) is 0 Å². The minimum absolute atomic E-state index is 0.0556. The van der Waals surface area contributed by atoms with Crippen molar-refractivity contribution in [3.63, 3.8) is 0 Å². The van der Waals surface area contributed by atoms with Crippen LogP contribution in [-0.4, -0.2) is 10.2 Å². The summed E-state index contributed by atoms with van der Waals surface area (Å²) in [4.78, 5) is 10.7. The first-order valence-electron chi connectivity index (χ1n) is 2.65. The molecule has 0 saturated heterocycles. The molecule has 0 radical (unpaired) electrons. The normalized spacial score (nSPS) is 9.70. The zero-order chi connectivity index (χ0) is 7.56. The molecule has 4 heteroatoms. The second-order valence-corrected chi connectivity index (χ2v) is 1.77. The molecule has 0 spiro atoms. The molecule has 4 nitrogen and oxygen atoms in total. The number of hydrogen-bond donors (Lipinski definition) is 2. The molecule has 1 heterocycles. The van der Waals surface area contributed by atoms with Gasteiger partial charge < -0.3 is 14.6 Å². The number of aliphatic hydroxyl groups excluding tert-OH is 1. The van der Waals surface area contributed by atoms with Gasteiger partial charge in [0.25, 0.3) is 0 Å². The summed E-state index contributed by atoms with van der Waals surface area (Å²) in [5.41, 5.74) is -0.534. The van der Waals surface area contributed by atoms with Crippen LogP contribution < -0.4 is 5.43 Å². The maximum Gasteiger partial charge on any atom is 0.231 e. The molecule has 0 aliphatic heterocycles. The van der Waals surface area contributed by atoms with Crippen molar-refractivity contribution in [2.45, 2.75) is 6.61 Å². The topological polar surface area (TPSA) is 70.7 Å². The Labute approximate surface area is 56.4 Å². The van der Waals surface area contributed by atoms with Crippen LogP contribution in [0.1, 0.15) is 5.56 Å². The Hall–Kier alpha value is -1.29. The highest BCUT2D eigenvalue weighted by Crippen LogP contribution is 2.01. The predicted octanol–water partition coefficient (Wildman–Crippen LogP) is -0.162. The van der Waals surface area contributed by atoms with E-state index in [0.717, 1.165) is 12.5 Å². The van der Waals surface area contributed by atoms with E-state index in [-0.39, 0.29) is 5.56 Å². The van der Waals surface area contributed by atoms with Gasteiger partial charge in [-0.1, -0.05) is 0 Å². The summed E-state index contributed by atoms with van der Waals surface area (Å²) >= 11 is 0. The third-order valence-corrected chi connectivity index (χ3v) is 1.08. The SMILES string of the molecule is O=c1c(O)cocc1CO. The van der Waals surface area contributed by atoms with Gasteiger partial charge in [0.05, 0.1) is 18.4 Å². The summed E-state index contributed by atoms with van der Waals surface area (Å²) in [6.45, 7) is -0.420. The van der Waals surface area contributed by atoms with Crippen LogP contribution >= 0.6 is 0 Å². The highest BCUT2D eigenvalue weighted by molar-refractivity contribution is 5.19. The number of hydrogen-bond acceptors (Lipinski definition) is 4. The van der Waals surface area contributed by atoms with Crippen LogP contribution in [0.15, 0.2) is 21.7 Å². The number of aromatic hydroxyl groups is 1.